The Morgan fingerprint density at radius 3 is 2.79 bits per heavy atom. The SMILES string of the molecule is Cc1cc(OCCCn2cncn2)ccc1C(C)C. The van der Waals surface area contributed by atoms with Crippen molar-refractivity contribution in [2.45, 2.75) is 39.7 Å². The summed E-state index contributed by atoms with van der Waals surface area (Å²) < 4.78 is 7.57. The van der Waals surface area contributed by atoms with Crippen LogP contribution in [0.1, 0.15) is 37.3 Å². The first kappa shape index (κ1) is 13.6. The van der Waals surface area contributed by atoms with Crippen LogP contribution in [0.3, 0.4) is 0 Å². The van der Waals surface area contributed by atoms with Crippen LogP contribution in [0.15, 0.2) is 30.9 Å². The van der Waals surface area contributed by atoms with Gasteiger partial charge in [0, 0.05) is 13.0 Å². The number of aryl methyl sites for hydroxylation is 2. The van der Waals surface area contributed by atoms with Crippen LogP contribution in [0.4, 0.5) is 0 Å². The third-order valence-corrected chi connectivity index (χ3v) is 3.13. The highest BCUT2D eigenvalue weighted by Gasteiger charge is 2.04. The van der Waals surface area contributed by atoms with E-state index in [1.807, 2.05) is 4.68 Å². The lowest BCUT2D eigenvalue weighted by molar-refractivity contribution is 0.298. The molecule has 19 heavy (non-hydrogen) atoms. The van der Waals surface area contributed by atoms with E-state index < -0.39 is 0 Å². The summed E-state index contributed by atoms with van der Waals surface area (Å²) in [6, 6.07) is 6.33. The average Bonchev–Trinajstić information content (AvgIpc) is 2.87. The van der Waals surface area contributed by atoms with Crippen LogP contribution in [0.5, 0.6) is 5.75 Å². The van der Waals surface area contributed by atoms with Crippen LogP contribution in [0.2, 0.25) is 0 Å². The fraction of sp³-hybridized carbons (Fsp3) is 0.467. The molecule has 4 nitrogen and oxygen atoms in total. The zero-order chi connectivity index (χ0) is 13.7. The van der Waals surface area contributed by atoms with E-state index in [4.69, 9.17) is 4.74 Å². The quantitative estimate of drug-likeness (QED) is 0.748. The number of nitrogens with zero attached hydrogens (tertiary/aromatic N) is 3. The topological polar surface area (TPSA) is 39.9 Å². The van der Waals surface area contributed by atoms with Gasteiger partial charge in [0.15, 0.2) is 0 Å². The molecule has 1 heterocycles. The third-order valence-electron chi connectivity index (χ3n) is 3.13. The molecule has 0 saturated carbocycles. The second-order valence-corrected chi connectivity index (χ2v) is 5.03. The van der Waals surface area contributed by atoms with Gasteiger partial charge in [0.1, 0.15) is 18.4 Å². The van der Waals surface area contributed by atoms with Gasteiger partial charge in [0.2, 0.25) is 0 Å². The van der Waals surface area contributed by atoms with E-state index in [9.17, 15) is 0 Å². The normalized spacial score (nSPS) is 10.9. The van der Waals surface area contributed by atoms with Crippen molar-refractivity contribution >= 4 is 0 Å². The highest BCUT2D eigenvalue weighted by Crippen LogP contribution is 2.23. The minimum atomic E-state index is 0.557. The summed E-state index contributed by atoms with van der Waals surface area (Å²) in [5, 5.41) is 4.06. The molecule has 0 spiro atoms. The molecule has 2 rings (SSSR count). The van der Waals surface area contributed by atoms with Crippen LogP contribution in [-0.4, -0.2) is 21.4 Å². The minimum Gasteiger partial charge on any atom is -0.494 e. The minimum absolute atomic E-state index is 0.557. The average molecular weight is 259 g/mol. The Morgan fingerprint density at radius 1 is 1.32 bits per heavy atom. The van der Waals surface area contributed by atoms with Crippen LogP contribution in [-0.2, 0) is 6.54 Å². The van der Waals surface area contributed by atoms with Gasteiger partial charge in [-0.2, -0.15) is 5.10 Å². The summed E-state index contributed by atoms with van der Waals surface area (Å²) in [5.74, 6) is 1.50. The summed E-state index contributed by atoms with van der Waals surface area (Å²) in [6.07, 6.45) is 4.20. The van der Waals surface area contributed by atoms with Gasteiger partial charge in [0.25, 0.3) is 0 Å². The molecule has 1 aromatic carbocycles. The maximum absolute atomic E-state index is 5.76. The van der Waals surface area contributed by atoms with Gasteiger partial charge in [-0.3, -0.25) is 4.68 Å². The Morgan fingerprint density at radius 2 is 2.16 bits per heavy atom. The molecule has 0 radical (unpaired) electrons. The lowest BCUT2D eigenvalue weighted by Gasteiger charge is -2.12. The van der Waals surface area contributed by atoms with E-state index in [2.05, 4.69) is 49.1 Å². The first-order valence-electron chi connectivity index (χ1n) is 6.72. The van der Waals surface area contributed by atoms with Crippen molar-refractivity contribution in [2.24, 2.45) is 0 Å². The van der Waals surface area contributed by atoms with Crippen molar-refractivity contribution < 1.29 is 4.74 Å². The van der Waals surface area contributed by atoms with E-state index in [1.165, 1.54) is 11.1 Å². The fourth-order valence-electron chi connectivity index (χ4n) is 2.15. The van der Waals surface area contributed by atoms with E-state index in [-0.39, 0.29) is 0 Å². The summed E-state index contributed by atoms with van der Waals surface area (Å²) in [5.41, 5.74) is 2.68. The molecule has 0 atom stereocenters. The van der Waals surface area contributed by atoms with Gasteiger partial charge in [-0.05, 0) is 36.1 Å². The van der Waals surface area contributed by atoms with Crippen molar-refractivity contribution in [3.8, 4) is 5.75 Å². The summed E-state index contributed by atoms with van der Waals surface area (Å²) in [7, 11) is 0. The molecule has 102 valence electrons. The molecule has 0 aliphatic carbocycles. The van der Waals surface area contributed by atoms with Gasteiger partial charge in [-0.1, -0.05) is 19.9 Å². The van der Waals surface area contributed by atoms with E-state index in [0.29, 0.717) is 12.5 Å². The van der Waals surface area contributed by atoms with Crippen molar-refractivity contribution in [2.75, 3.05) is 6.61 Å². The van der Waals surface area contributed by atoms with Crippen molar-refractivity contribution in [1.82, 2.24) is 14.8 Å². The molecule has 0 saturated heterocycles. The number of ether oxygens (including phenoxy) is 1. The second kappa shape index (κ2) is 6.36. The van der Waals surface area contributed by atoms with Crippen molar-refractivity contribution in [1.29, 1.82) is 0 Å². The molecular weight excluding hydrogens is 238 g/mol. The van der Waals surface area contributed by atoms with Gasteiger partial charge in [-0.15, -0.1) is 0 Å². The largest absolute Gasteiger partial charge is 0.494 e. The summed E-state index contributed by atoms with van der Waals surface area (Å²) in [6.45, 7) is 8.09. The van der Waals surface area contributed by atoms with Crippen LogP contribution >= 0.6 is 0 Å². The zero-order valence-corrected chi connectivity index (χ0v) is 11.8. The Bertz CT molecular complexity index is 506. The molecule has 0 aliphatic heterocycles. The molecule has 0 unspecified atom stereocenters. The first-order chi connectivity index (χ1) is 9.16. The monoisotopic (exact) mass is 259 g/mol. The molecule has 0 aliphatic rings. The predicted octanol–water partition coefficient (Wildman–Crippen LogP) is 3.18. The standard InChI is InChI=1S/C15H21N3O/c1-12(2)15-6-5-14(9-13(15)3)19-8-4-7-18-11-16-10-17-18/h5-6,9-12H,4,7-8H2,1-3H3. The summed E-state index contributed by atoms with van der Waals surface area (Å²) in [4.78, 5) is 3.91. The Hall–Kier alpha value is -1.84. The van der Waals surface area contributed by atoms with Gasteiger partial charge in [0.05, 0.1) is 6.61 Å². The number of rotatable bonds is 6. The predicted molar refractivity (Wildman–Crippen MR) is 75.4 cm³/mol. The van der Waals surface area contributed by atoms with Crippen LogP contribution in [0, 0.1) is 6.92 Å². The molecule has 0 bridgehead atoms. The Balaban J connectivity index is 1.81. The fourth-order valence-corrected chi connectivity index (χ4v) is 2.15. The van der Waals surface area contributed by atoms with Crippen molar-refractivity contribution in [3.63, 3.8) is 0 Å². The van der Waals surface area contributed by atoms with Gasteiger partial charge in [-0.25, -0.2) is 4.98 Å². The summed E-state index contributed by atoms with van der Waals surface area (Å²) >= 11 is 0. The number of hydrogen-bond acceptors (Lipinski definition) is 3. The molecular formula is C15H21N3O. The zero-order valence-electron chi connectivity index (χ0n) is 11.8. The third kappa shape index (κ3) is 3.81. The van der Waals surface area contributed by atoms with E-state index in [1.54, 1.807) is 12.7 Å². The van der Waals surface area contributed by atoms with Crippen LogP contribution in [0.25, 0.3) is 0 Å². The molecule has 2 aromatic rings. The van der Waals surface area contributed by atoms with Gasteiger partial charge >= 0.3 is 0 Å². The number of aromatic nitrogens is 3. The molecule has 0 N–H and O–H groups in total. The molecule has 4 heteroatoms. The number of hydrogen-bond donors (Lipinski definition) is 0. The van der Waals surface area contributed by atoms with E-state index >= 15 is 0 Å². The lowest BCUT2D eigenvalue weighted by atomic mass is 9.98. The highest BCUT2D eigenvalue weighted by atomic mass is 16.5. The smallest absolute Gasteiger partial charge is 0.137 e. The second-order valence-electron chi connectivity index (χ2n) is 5.03. The van der Waals surface area contributed by atoms with E-state index in [0.717, 1.165) is 18.7 Å². The lowest BCUT2D eigenvalue weighted by Crippen LogP contribution is -2.05. The Kier molecular flexibility index (Phi) is 4.55. The highest BCUT2D eigenvalue weighted by molar-refractivity contribution is 5.36. The molecule has 1 aromatic heterocycles. The first-order valence-corrected chi connectivity index (χ1v) is 6.72. The van der Waals surface area contributed by atoms with Crippen LogP contribution < -0.4 is 4.74 Å². The molecule has 0 amide bonds. The number of benzene rings is 1. The van der Waals surface area contributed by atoms with Crippen molar-refractivity contribution in [3.05, 3.63) is 42.0 Å². The van der Waals surface area contributed by atoms with Gasteiger partial charge < -0.3 is 4.74 Å². The maximum atomic E-state index is 5.76. The Labute approximate surface area is 114 Å². The molecule has 0 fully saturated rings. The maximum Gasteiger partial charge on any atom is 0.137 e.